The van der Waals surface area contributed by atoms with Gasteiger partial charge in [-0.2, -0.15) is 8.78 Å². The molecular weight excluding hydrogens is 239 g/mol. The summed E-state index contributed by atoms with van der Waals surface area (Å²) in [7, 11) is -1.66. The fourth-order valence-electron chi connectivity index (χ4n) is 1.21. The Bertz CT molecular complexity index is 505. The van der Waals surface area contributed by atoms with Gasteiger partial charge in [-0.15, -0.1) is 11.3 Å². The summed E-state index contributed by atoms with van der Waals surface area (Å²) in [5.41, 5.74) is 0.509. The zero-order chi connectivity index (χ0) is 11.7. The molecule has 0 bridgehead atoms. The Labute approximate surface area is 93.3 Å². The smallest absolute Gasteiger partial charge is 0.435 e. The third-order valence-electron chi connectivity index (χ3n) is 1.82. The molecule has 0 saturated carbocycles. The lowest BCUT2D eigenvalue weighted by molar-refractivity contribution is -0.0497. The molecule has 0 aliphatic heterocycles. The van der Waals surface area contributed by atoms with Crippen LogP contribution in [-0.2, 0) is 0 Å². The summed E-state index contributed by atoms with van der Waals surface area (Å²) in [6.45, 7) is -2.88. The molecule has 8 heteroatoms. The highest BCUT2D eigenvalue weighted by Crippen LogP contribution is 2.23. The number of alkyl halides is 2. The summed E-state index contributed by atoms with van der Waals surface area (Å²) in [5.74, 6) is 0.0186. The molecule has 0 radical (unpaired) electrons. The van der Waals surface area contributed by atoms with Gasteiger partial charge in [-0.3, -0.25) is 0 Å². The summed E-state index contributed by atoms with van der Waals surface area (Å²) in [4.78, 5) is 4.02. The van der Waals surface area contributed by atoms with Gasteiger partial charge in [0.15, 0.2) is 0 Å². The third kappa shape index (κ3) is 2.29. The van der Waals surface area contributed by atoms with Crippen LogP contribution >= 0.6 is 11.3 Å². The maximum Gasteiger partial charge on any atom is 0.519 e. The van der Waals surface area contributed by atoms with Crippen LogP contribution in [0, 0.1) is 0 Å². The number of hydrogen-bond acceptors (Lipinski definition) is 5. The second-order valence-electron chi connectivity index (χ2n) is 2.93. The van der Waals surface area contributed by atoms with Crippen molar-refractivity contribution in [1.82, 2.24) is 4.98 Å². The van der Waals surface area contributed by atoms with Gasteiger partial charge >= 0.3 is 13.7 Å². The minimum atomic E-state index is -2.88. The molecule has 4 nitrogen and oxygen atoms in total. The van der Waals surface area contributed by atoms with E-state index in [-0.39, 0.29) is 10.7 Å². The van der Waals surface area contributed by atoms with E-state index in [1.807, 2.05) is 0 Å². The first kappa shape index (κ1) is 11.2. The van der Waals surface area contributed by atoms with Crippen molar-refractivity contribution in [2.45, 2.75) is 6.61 Å². The number of halogens is 2. The van der Waals surface area contributed by atoms with Gasteiger partial charge in [-0.1, -0.05) is 0 Å². The highest BCUT2D eigenvalue weighted by atomic mass is 32.1. The molecule has 0 aliphatic rings. The molecule has 0 unspecified atom stereocenters. The van der Waals surface area contributed by atoms with E-state index < -0.39 is 13.7 Å². The topological polar surface area (TPSA) is 62.6 Å². The third-order valence-corrected chi connectivity index (χ3v) is 2.88. The first-order valence-electron chi connectivity index (χ1n) is 4.27. The van der Waals surface area contributed by atoms with Crippen molar-refractivity contribution in [2.75, 3.05) is 0 Å². The molecule has 0 saturated heterocycles. The first-order valence-corrected chi connectivity index (χ1v) is 5.09. The van der Waals surface area contributed by atoms with Crippen molar-refractivity contribution in [1.29, 1.82) is 0 Å². The largest absolute Gasteiger partial charge is 0.519 e. The molecule has 0 spiro atoms. The van der Waals surface area contributed by atoms with Crippen molar-refractivity contribution >= 4 is 33.6 Å². The van der Waals surface area contributed by atoms with Gasteiger partial charge in [0.25, 0.3) is 0 Å². The standard InChI is InChI=1S/C8H6BF2NO3S/c10-8(11)15-4-1-2-5-6(3-4)16-7(12-5)9(13)14/h1-3,8,13-14H. The van der Waals surface area contributed by atoms with Crippen LogP contribution in [0.2, 0.25) is 0 Å². The van der Waals surface area contributed by atoms with Gasteiger partial charge in [0.05, 0.1) is 10.2 Å². The summed E-state index contributed by atoms with van der Waals surface area (Å²) in [6.07, 6.45) is 0. The van der Waals surface area contributed by atoms with E-state index in [1.54, 1.807) is 0 Å². The summed E-state index contributed by atoms with van der Waals surface area (Å²) >= 11 is 1.01. The van der Waals surface area contributed by atoms with Crippen LogP contribution in [0.1, 0.15) is 0 Å². The Hall–Kier alpha value is -1.25. The number of thiazole rings is 1. The molecule has 2 N–H and O–H groups in total. The molecular formula is C8H6BF2NO3S. The minimum Gasteiger partial charge on any atom is -0.435 e. The SMILES string of the molecule is OB(O)c1nc2ccc(OC(F)F)cc2s1. The predicted molar refractivity (Wildman–Crippen MR) is 56.1 cm³/mol. The number of rotatable bonds is 3. The molecule has 84 valence electrons. The van der Waals surface area contributed by atoms with E-state index in [0.717, 1.165) is 11.3 Å². The predicted octanol–water partition coefficient (Wildman–Crippen LogP) is 0.577. The molecule has 0 fully saturated rings. The van der Waals surface area contributed by atoms with Crippen LogP contribution in [-0.4, -0.2) is 28.8 Å². The van der Waals surface area contributed by atoms with E-state index in [4.69, 9.17) is 10.0 Å². The highest BCUT2D eigenvalue weighted by molar-refractivity contribution is 7.27. The van der Waals surface area contributed by atoms with Crippen LogP contribution in [0.15, 0.2) is 18.2 Å². The molecule has 2 aromatic rings. The highest BCUT2D eigenvalue weighted by Gasteiger charge is 2.17. The zero-order valence-electron chi connectivity index (χ0n) is 7.80. The number of ether oxygens (including phenoxy) is 1. The summed E-state index contributed by atoms with van der Waals surface area (Å²) in [5, 5.41) is 17.8. The van der Waals surface area contributed by atoms with E-state index in [2.05, 4.69) is 9.72 Å². The zero-order valence-corrected chi connectivity index (χ0v) is 8.62. The summed E-state index contributed by atoms with van der Waals surface area (Å²) in [6, 6.07) is 4.21. The normalized spacial score (nSPS) is 11.1. The summed E-state index contributed by atoms with van der Waals surface area (Å²) < 4.78 is 28.6. The van der Waals surface area contributed by atoms with Crippen molar-refractivity contribution < 1.29 is 23.6 Å². The molecule has 2 rings (SSSR count). The lowest BCUT2D eigenvalue weighted by Crippen LogP contribution is -2.28. The fraction of sp³-hybridized carbons (Fsp3) is 0.125. The lowest BCUT2D eigenvalue weighted by atomic mass is 9.94. The van der Waals surface area contributed by atoms with Gasteiger partial charge in [0.1, 0.15) is 10.7 Å². The van der Waals surface area contributed by atoms with E-state index in [9.17, 15) is 8.78 Å². The van der Waals surface area contributed by atoms with E-state index >= 15 is 0 Å². The van der Waals surface area contributed by atoms with Crippen molar-refractivity contribution in [3.8, 4) is 5.75 Å². The van der Waals surface area contributed by atoms with E-state index in [0.29, 0.717) is 10.2 Å². The Morgan fingerprint density at radius 2 is 2.12 bits per heavy atom. The van der Waals surface area contributed by atoms with Crippen molar-refractivity contribution in [2.24, 2.45) is 0 Å². The average Bonchev–Trinajstić information content (AvgIpc) is 2.59. The van der Waals surface area contributed by atoms with Gasteiger partial charge in [-0.25, -0.2) is 4.98 Å². The quantitative estimate of drug-likeness (QED) is 0.776. The minimum absolute atomic E-state index is 0.0186. The number of fused-ring (bicyclic) bond motifs is 1. The van der Waals surface area contributed by atoms with Gasteiger partial charge in [0, 0.05) is 0 Å². The Kier molecular flexibility index (Phi) is 3.04. The molecule has 1 aromatic heterocycles. The molecule has 0 atom stereocenters. The molecule has 1 heterocycles. The van der Waals surface area contributed by atoms with Crippen LogP contribution in [0.25, 0.3) is 10.2 Å². The molecule has 0 amide bonds. The van der Waals surface area contributed by atoms with Gasteiger partial charge in [-0.05, 0) is 18.2 Å². The molecule has 1 aromatic carbocycles. The number of hydrogen-bond donors (Lipinski definition) is 2. The maximum atomic E-state index is 11.9. The average molecular weight is 245 g/mol. The molecule has 0 aliphatic carbocycles. The first-order chi connectivity index (χ1) is 7.56. The maximum absolute atomic E-state index is 11.9. The van der Waals surface area contributed by atoms with Crippen molar-refractivity contribution in [3.05, 3.63) is 18.2 Å². The Morgan fingerprint density at radius 1 is 1.38 bits per heavy atom. The number of benzene rings is 1. The van der Waals surface area contributed by atoms with E-state index in [1.165, 1.54) is 18.2 Å². The second-order valence-corrected chi connectivity index (χ2v) is 4.00. The number of nitrogens with zero attached hydrogens (tertiary/aromatic N) is 1. The Morgan fingerprint density at radius 3 is 2.75 bits per heavy atom. The number of aromatic nitrogens is 1. The Balaban J connectivity index is 2.38. The van der Waals surface area contributed by atoms with Crippen LogP contribution in [0.4, 0.5) is 8.78 Å². The van der Waals surface area contributed by atoms with Crippen molar-refractivity contribution in [3.63, 3.8) is 0 Å². The van der Waals surface area contributed by atoms with Crippen LogP contribution in [0.5, 0.6) is 5.75 Å². The second kappa shape index (κ2) is 4.32. The van der Waals surface area contributed by atoms with Gasteiger partial charge in [0.2, 0.25) is 0 Å². The molecule has 16 heavy (non-hydrogen) atoms. The van der Waals surface area contributed by atoms with Crippen LogP contribution in [0.3, 0.4) is 0 Å². The van der Waals surface area contributed by atoms with Gasteiger partial charge < -0.3 is 14.8 Å². The monoisotopic (exact) mass is 245 g/mol. The lowest BCUT2D eigenvalue weighted by Gasteiger charge is -2.02. The van der Waals surface area contributed by atoms with Crippen LogP contribution < -0.4 is 9.64 Å². The fourth-order valence-corrected chi connectivity index (χ4v) is 2.08.